The molecule has 8 nitrogen and oxygen atoms in total. The number of hydrogen-bond donors (Lipinski definition) is 0. The van der Waals surface area contributed by atoms with Gasteiger partial charge in [0.2, 0.25) is 0 Å². The Morgan fingerprint density at radius 2 is 1.96 bits per heavy atom. The van der Waals surface area contributed by atoms with Crippen LogP contribution in [-0.4, -0.2) is 61.2 Å². The van der Waals surface area contributed by atoms with E-state index >= 15 is 0 Å². The van der Waals surface area contributed by atoms with E-state index < -0.39 is 0 Å². The summed E-state index contributed by atoms with van der Waals surface area (Å²) in [5.74, 6) is 1.03. The predicted octanol–water partition coefficient (Wildman–Crippen LogP) is 1.73. The quantitative estimate of drug-likeness (QED) is 0.671. The molecule has 3 aromatic rings. The van der Waals surface area contributed by atoms with E-state index in [0.717, 1.165) is 37.3 Å². The molecule has 0 unspecified atom stereocenters. The molecule has 27 heavy (non-hydrogen) atoms. The third-order valence-electron chi connectivity index (χ3n) is 5.51. The molecule has 0 saturated carbocycles. The van der Waals surface area contributed by atoms with Crippen molar-refractivity contribution in [1.82, 2.24) is 29.1 Å². The summed E-state index contributed by atoms with van der Waals surface area (Å²) in [5, 5.41) is 8.72. The minimum Gasteiger partial charge on any atom is -0.351 e. The van der Waals surface area contributed by atoms with Gasteiger partial charge in [-0.1, -0.05) is 4.49 Å². The molecule has 1 aliphatic heterocycles. The highest BCUT2D eigenvalue weighted by Crippen LogP contribution is 2.30. The third kappa shape index (κ3) is 2.77. The minimum atomic E-state index is 0.0371. The van der Waals surface area contributed by atoms with Gasteiger partial charge in [0.15, 0.2) is 5.82 Å². The van der Waals surface area contributed by atoms with E-state index in [9.17, 15) is 4.79 Å². The zero-order valence-corrected chi connectivity index (χ0v) is 16.1. The van der Waals surface area contributed by atoms with Crippen molar-refractivity contribution in [2.75, 3.05) is 31.1 Å². The highest BCUT2D eigenvalue weighted by molar-refractivity contribution is 7.07. The summed E-state index contributed by atoms with van der Waals surface area (Å²) in [5.41, 5.74) is 4.44. The van der Waals surface area contributed by atoms with Crippen LogP contribution >= 0.6 is 11.5 Å². The minimum absolute atomic E-state index is 0.0371. The summed E-state index contributed by atoms with van der Waals surface area (Å²) in [6, 6.07) is 0. The van der Waals surface area contributed by atoms with Crippen molar-refractivity contribution in [3.63, 3.8) is 0 Å². The number of carbonyl (C=O) groups is 1. The summed E-state index contributed by atoms with van der Waals surface area (Å²) < 4.78 is 5.87. The highest BCUT2D eigenvalue weighted by atomic mass is 32.1. The van der Waals surface area contributed by atoms with Gasteiger partial charge in [0.25, 0.3) is 5.91 Å². The largest absolute Gasteiger partial charge is 0.351 e. The van der Waals surface area contributed by atoms with Crippen LogP contribution in [0.25, 0.3) is 5.52 Å². The van der Waals surface area contributed by atoms with Crippen molar-refractivity contribution in [3.05, 3.63) is 34.2 Å². The second kappa shape index (κ2) is 6.56. The molecule has 0 aromatic carbocycles. The molecule has 0 atom stereocenters. The Labute approximate surface area is 161 Å². The van der Waals surface area contributed by atoms with Gasteiger partial charge in [0.05, 0.1) is 11.4 Å². The lowest BCUT2D eigenvalue weighted by Gasteiger charge is -2.35. The molecule has 0 N–H and O–H groups in total. The van der Waals surface area contributed by atoms with Gasteiger partial charge in [-0.25, -0.2) is 9.50 Å². The fourth-order valence-electron chi connectivity index (χ4n) is 4.07. The van der Waals surface area contributed by atoms with Gasteiger partial charge >= 0.3 is 0 Å². The van der Waals surface area contributed by atoms with E-state index in [2.05, 4.69) is 19.5 Å². The number of carbonyl (C=O) groups excluding carboxylic acids is 1. The number of aryl methyl sites for hydroxylation is 3. The molecule has 0 bridgehead atoms. The van der Waals surface area contributed by atoms with Crippen molar-refractivity contribution in [2.24, 2.45) is 0 Å². The zero-order chi connectivity index (χ0) is 18.4. The van der Waals surface area contributed by atoms with E-state index in [-0.39, 0.29) is 5.91 Å². The molecule has 9 heteroatoms. The van der Waals surface area contributed by atoms with Crippen LogP contribution in [0.2, 0.25) is 0 Å². The summed E-state index contributed by atoms with van der Waals surface area (Å²) in [6.45, 7) is 4.72. The first kappa shape index (κ1) is 16.6. The van der Waals surface area contributed by atoms with Gasteiger partial charge < -0.3 is 9.80 Å². The van der Waals surface area contributed by atoms with Crippen molar-refractivity contribution in [2.45, 2.75) is 32.6 Å². The number of aromatic nitrogens is 5. The average molecular weight is 383 g/mol. The number of anilines is 1. The molecule has 5 rings (SSSR count). The zero-order valence-electron chi connectivity index (χ0n) is 15.3. The maximum atomic E-state index is 12.7. The van der Waals surface area contributed by atoms with Crippen LogP contribution in [0, 0.1) is 6.92 Å². The van der Waals surface area contributed by atoms with Crippen LogP contribution < -0.4 is 4.90 Å². The molecule has 0 spiro atoms. The normalized spacial score (nSPS) is 17.4. The number of hydrogen-bond acceptors (Lipinski definition) is 7. The lowest BCUT2D eigenvalue weighted by Crippen LogP contribution is -2.49. The maximum Gasteiger partial charge on any atom is 0.267 e. The molecule has 4 heterocycles. The second-order valence-electron chi connectivity index (χ2n) is 7.14. The standard InChI is InChI=1S/C18H21N7OS/c1-12-16(27-22-20-12)18(26)24-10-8-23(9-11-24)17-15-13-4-2-3-5-14(13)21-25(15)7-6-19-17/h6-7H,2-5,8-11H2,1H3. The Morgan fingerprint density at radius 1 is 1.15 bits per heavy atom. The monoisotopic (exact) mass is 383 g/mol. The Kier molecular flexibility index (Phi) is 4.04. The Bertz CT molecular complexity index is 1000. The summed E-state index contributed by atoms with van der Waals surface area (Å²) in [7, 11) is 0. The van der Waals surface area contributed by atoms with Crippen LogP contribution in [0.4, 0.5) is 5.82 Å². The highest BCUT2D eigenvalue weighted by Gasteiger charge is 2.28. The van der Waals surface area contributed by atoms with Crippen LogP contribution in [0.5, 0.6) is 0 Å². The average Bonchev–Trinajstić information content (AvgIpc) is 3.30. The van der Waals surface area contributed by atoms with Gasteiger partial charge in [0, 0.05) is 44.1 Å². The molecule has 1 saturated heterocycles. The first-order chi connectivity index (χ1) is 13.2. The summed E-state index contributed by atoms with van der Waals surface area (Å²) >= 11 is 1.18. The van der Waals surface area contributed by atoms with Crippen LogP contribution in [0.1, 0.15) is 39.5 Å². The molecule has 3 aromatic heterocycles. The molecule has 1 aliphatic carbocycles. The fraction of sp³-hybridized carbons (Fsp3) is 0.500. The molecular weight excluding hydrogens is 362 g/mol. The van der Waals surface area contributed by atoms with Crippen molar-refractivity contribution >= 4 is 28.8 Å². The van der Waals surface area contributed by atoms with Crippen molar-refractivity contribution in [3.8, 4) is 0 Å². The Morgan fingerprint density at radius 3 is 2.74 bits per heavy atom. The lowest BCUT2D eigenvalue weighted by molar-refractivity contribution is 0.0750. The Hall–Kier alpha value is -2.55. The van der Waals surface area contributed by atoms with E-state index in [1.807, 2.05) is 28.7 Å². The van der Waals surface area contributed by atoms with Crippen molar-refractivity contribution in [1.29, 1.82) is 0 Å². The van der Waals surface area contributed by atoms with Gasteiger partial charge in [-0.3, -0.25) is 4.79 Å². The van der Waals surface area contributed by atoms with Gasteiger partial charge in [-0.05, 0) is 44.1 Å². The fourth-order valence-corrected chi connectivity index (χ4v) is 4.70. The maximum absolute atomic E-state index is 12.7. The van der Waals surface area contributed by atoms with Gasteiger partial charge in [0.1, 0.15) is 10.4 Å². The summed E-state index contributed by atoms with van der Waals surface area (Å²) in [6.07, 6.45) is 8.33. The SMILES string of the molecule is Cc1nnsc1C(=O)N1CCN(c2nccn3nc4c(c23)CCCC4)CC1. The number of rotatable bonds is 2. The van der Waals surface area contributed by atoms with Crippen molar-refractivity contribution < 1.29 is 4.79 Å². The molecular formula is C18H21N7OS. The first-order valence-corrected chi connectivity index (χ1v) is 10.2. The van der Waals surface area contributed by atoms with E-state index in [0.29, 0.717) is 23.7 Å². The number of piperazine rings is 1. The van der Waals surface area contributed by atoms with E-state index in [1.54, 1.807) is 0 Å². The van der Waals surface area contributed by atoms with E-state index in [4.69, 9.17) is 5.10 Å². The summed E-state index contributed by atoms with van der Waals surface area (Å²) in [4.78, 5) is 22.2. The van der Waals surface area contributed by atoms with Gasteiger partial charge in [-0.15, -0.1) is 5.10 Å². The number of fused-ring (bicyclic) bond motifs is 3. The Balaban J connectivity index is 1.39. The lowest BCUT2D eigenvalue weighted by atomic mass is 9.97. The second-order valence-corrected chi connectivity index (χ2v) is 7.90. The molecule has 0 radical (unpaired) electrons. The topological polar surface area (TPSA) is 79.5 Å². The number of amides is 1. The number of nitrogens with zero attached hydrogens (tertiary/aromatic N) is 7. The smallest absolute Gasteiger partial charge is 0.267 e. The first-order valence-electron chi connectivity index (χ1n) is 9.40. The van der Waals surface area contributed by atoms with Crippen LogP contribution in [0.15, 0.2) is 12.4 Å². The van der Waals surface area contributed by atoms with Crippen LogP contribution in [-0.2, 0) is 12.8 Å². The molecule has 140 valence electrons. The molecule has 1 amide bonds. The van der Waals surface area contributed by atoms with Gasteiger partial charge in [-0.2, -0.15) is 5.10 Å². The van der Waals surface area contributed by atoms with Crippen LogP contribution in [0.3, 0.4) is 0 Å². The molecule has 1 fully saturated rings. The predicted molar refractivity (Wildman–Crippen MR) is 102 cm³/mol. The molecule has 2 aliphatic rings. The van der Waals surface area contributed by atoms with E-state index in [1.165, 1.54) is 35.6 Å². The third-order valence-corrected chi connectivity index (χ3v) is 6.33.